The molecule has 0 saturated carbocycles. The van der Waals surface area contributed by atoms with Crippen LogP contribution < -0.4 is 0 Å². The van der Waals surface area contributed by atoms with Crippen molar-refractivity contribution in [2.24, 2.45) is 0 Å². The first-order chi connectivity index (χ1) is 8.24. The Morgan fingerprint density at radius 2 is 2.41 bits per heavy atom. The molecule has 0 N–H and O–H groups in total. The molecule has 0 aliphatic carbocycles. The van der Waals surface area contributed by atoms with Crippen LogP contribution in [0, 0.1) is 11.3 Å². The summed E-state index contributed by atoms with van der Waals surface area (Å²) in [4.78, 5) is 13.9. The fraction of sp³-hybridized carbons (Fsp3) is 0.385. The van der Waals surface area contributed by atoms with E-state index in [0.29, 0.717) is 24.2 Å². The van der Waals surface area contributed by atoms with Gasteiger partial charge in [0, 0.05) is 25.8 Å². The number of methoxy groups -OCH3 is 1. The molecule has 88 valence electrons. The molecule has 1 unspecified atom stereocenters. The number of carbonyl (C=O) groups excluding carboxylic acids is 1. The van der Waals surface area contributed by atoms with Crippen molar-refractivity contribution in [2.75, 3.05) is 20.2 Å². The summed E-state index contributed by atoms with van der Waals surface area (Å²) < 4.78 is 5.23. The molecule has 0 radical (unpaired) electrons. The number of benzene rings is 1. The molecule has 1 fully saturated rings. The van der Waals surface area contributed by atoms with Crippen molar-refractivity contribution < 1.29 is 9.53 Å². The number of nitrogens with zero attached hydrogens (tertiary/aromatic N) is 2. The van der Waals surface area contributed by atoms with Gasteiger partial charge in [0.15, 0.2) is 0 Å². The molecule has 1 saturated heterocycles. The van der Waals surface area contributed by atoms with Crippen LogP contribution in [0.25, 0.3) is 0 Å². The molecule has 1 atom stereocenters. The van der Waals surface area contributed by atoms with Crippen molar-refractivity contribution in [3.63, 3.8) is 0 Å². The minimum Gasteiger partial charge on any atom is -0.380 e. The van der Waals surface area contributed by atoms with E-state index >= 15 is 0 Å². The van der Waals surface area contributed by atoms with Crippen LogP contribution in [-0.2, 0) is 4.74 Å². The fourth-order valence-electron chi connectivity index (χ4n) is 2.01. The largest absolute Gasteiger partial charge is 0.380 e. The summed E-state index contributed by atoms with van der Waals surface area (Å²) in [5.74, 6) is -0.0262. The van der Waals surface area contributed by atoms with Gasteiger partial charge in [-0.05, 0) is 24.6 Å². The topological polar surface area (TPSA) is 53.3 Å². The van der Waals surface area contributed by atoms with E-state index < -0.39 is 0 Å². The molecular weight excluding hydrogens is 216 g/mol. The van der Waals surface area contributed by atoms with E-state index in [1.165, 1.54) is 0 Å². The number of hydrogen-bond donors (Lipinski definition) is 0. The lowest BCUT2D eigenvalue weighted by atomic mass is 10.1. The van der Waals surface area contributed by atoms with Gasteiger partial charge in [-0.1, -0.05) is 6.07 Å². The Labute approximate surface area is 100 Å². The molecule has 4 heteroatoms. The van der Waals surface area contributed by atoms with Gasteiger partial charge < -0.3 is 9.64 Å². The van der Waals surface area contributed by atoms with Crippen molar-refractivity contribution in [2.45, 2.75) is 12.5 Å². The Bertz CT molecular complexity index is 465. The van der Waals surface area contributed by atoms with E-state index in [1.807, 2.05) is 6.07 Å². The molecule has 2 rings (SSSR count). The third-order valence-corrected chi connectivity index (χ3v) is 3.00. The highest BCUT2D eigenvalue weighted by molar-refractivity contribution is 5.94. The van der Waals surface area contributed by atoms with Crippen LogP contribution in [0.15, 0.2) is 24.3 Å². The molecule has 1 aliphatic rings. The predicted octanol–water partition coefficient (Wildman–Crippen LogP) is 1.42. The summed E-state index contributed by atoms with van der Waals surface area (Å²) in [6, 6.07) is 8.83. The van der Waals surface area contributed by atoms with Crippen LogP contribution in [0.1, 0.15) is 22.3 Å². The van der Waals surface area contributed by atoms with E-state index in [0.717, 1.165) is 6.42 Å². The summed E-state index contributed by atoms with van der Waals surface area (Å²) in [5, 5.41) is 8.79. The molecule has 4 nitrogen and oxygen atoms in total. The zero-order chi connectivity index (χ0) is 12.3. The Hall–Kier alpha value is -1.86. The highest BCUT2D eigenvalue weighted by Gasteiger charge is 2.26. The van der Waals surface area contributed by atoms with Crippen molar-refractivity contribution >= 4 is 5.91 Å². The quantitative estimate of drug-likeness (QED) is 0.772. The number of carbonyl (C=O) groups is 1. The van der Waals surface area contributed by atoms with Gasteiger partial charge in [0.2, 0.25) is 0 Å². The lowest BCUT2D eigenvalue weighted by Crippen LogP contribution is -2.29. The normalized spacial score (nSPS) is 19.1. The Balaban J connectivity index is 2.12. The second-order valence-corrected chi connectivity index (χ2v) is 4.09. The van der Waals surface area contributed by atoms with E-state index in [4.69, 9.17) is 10.00 Å². The van der Waals surface area contributed by atoms with E-state index in [1.54, 1.807) is 36.3 Å². The van der Waals surface area contributed by atoms with Crippen LogP contribution >= 0.6 is 0 Å². The molecule has 1 aromatic rings. The molecule has 1 amide bonds. The summed E-state index contributed by atoms with van der Waals surface area (Å²) in [6.07, 6.45) is 1.01. The van der Waals surface area contributed by atoms with Crippen molar-refractivity contribution in [3.8, 4) is 6.07 Å². The van der Waals surface area contributed by atoms with Gasteiger partial charge in [0.1, 0.15) is 0 Å². The van der Waals surface area contributed by atoms with Crippen LogP contribution in [0.4, 0.5) is 0 Å². The van der Waals surface area contributed by atoms with Crippen molar-refractivity contribution in [3.05, 3.63) is 35.4 Å². The smallest absolute Gasteiger partial charge is 0.253 e. The predicted molar refractivity (Wildman–Crippen MR) is 62.5 cm³/mol. The van der Waals surface area contributed by atoms with E-state index in [9.17, 15) is 4.79 Å². The standard InChI is InChI=1S/C13H14N2O2/c1-17-12-5-6-15(9-12)13(16)11-4-2-3-10(7-11)8-14/h2-4,7,12H,5-6,9H2,1H3. The molecule has 1 heterocycles. The van der Waals surface area contributed by atoms with Gasteiger partial charge in [-0.3, -0.25) is 4.79 Å². The first-order valence-electron chi connectivity index (χ1n) is 5.57. The number of hydrogen-bond acceptors (Lipinski definition) is 3. The van der Waals surface area contributed by atoms with Gasteiger partial charge in [-0.2, -0.15) is 5.26 Å². The van der Waals surface area contributed by atoms with Crippen LogP contribution in [-0.4, -0.2) is 37.1 Å². The Kier molecular flexibility index (Phi) is 3.40. The molecule has 0 aromatic heterocycles. The third kappa shape index (κ3) is 2.45. The van der Waals surface area contributed by atoms with E-state index in [2.05, 4.69) is 0 Å². The maximum Gasteiger partial charge on any atom is 0.253 e. The van der Waals surface area contributed by atoms with Crippen LogP contribution in [0.3, 0.4) is 0 Å². The lowest BCUT2D eigenvalue weighted by molar-refractivity contribution is 0.0724. The Morgan fingerprint density at radius 1 is 1.59 bits per heavy atom. The molecule has 0 bridgehead atoms. The number of ether oxygens (including phenoxy) is 1. The van der Waals surface area contributed by atoms with Gasteiger partial charge in [-0.25, -0.2) is 0 Å². The van der Waals surface area contributed by atoms with Gasteiger partial charge in [0.05, 0.1) is 17.7 Å². The minimum absolute atomic E-state index is 0.0262. The van der Waals surface area contributed by atoms with Crippen LogP contribution in [0.2, 0.25) is 0 Å². The number of likely N-dealkylation sites (tertiary alicyclic amines) is 1. The van der Waals surface area contributed by atoms with Crippen LogP contribution in [0.5, 0.6) is 0 Å². The maximum absolute atomic E-state index is 12.1. The highest BCUT2D eigenvalue weighted by atomic mass is 16.5. The summed E-state index contributed by atoms with van der Waals surface area (Å²) in [6.45, 7) is 1.35. The van der Waals surface area contributed by atoms with Gasteiger partial charge >= 0.3 is 0 Å². The van der Waals surface area contributed by atoms with E-state index in [-0.39, 0.29) is 12.0 Å². The average Bonchev–Trinajstić information content (AvgIpc) is 2.86. The third-order valence-electron chi connectivity index (χ3n) is 3.00. The molecule has 0 spiro atoms. The first-order valence-corrected chi connectivity index (χ1v) is 5.57. The summed E-state index contributed by atoms with van der Waals surface area (Å²) in [5.41, 5.74) is 1.08. The zero-order valence-corrected chi connectivity index (χ0v) is 9.72. The number of amides is 1. The number of nitriles is 1. The SMILES string of the molecule is COC1CCN(C(=O)c2cccc(C#N)c2)C1. The summed E-state index contributed by atoms with van der Waals surface area (Å²) in [7, 11) is 1.66. The Morgan fingerprint density at radius 3 is 3.06 bits per heavy atom. The molecule has 17 heavy (non-hydrogen) atoms. The monoisotopic (exact) mass is 230 g/mol. The van der Waals surface area contributed by atoms with Crippen molar-refractivity contribution in [1.29, 1.82) is 5.26 Å². The molecule has 1 aromatic carbocycles. The molecular formula is C13H14N2O2. The van der Waals surface area contributed by atoms with Crippen molar-refractivity contribution in [1.82, 2.24) is 4.90 Å². The first kappa shape index (κ1) is 11.6. The zero-order valence-electron chi connectivity index (χ0n) is 9.72. The fourth-order valence-corrected chi connectivity index (χ4v) is 2.01. The lowest BCUT2D eigenvalue weighted by Gasteiger charge is -2.16. The van der Waals surface area contributed by atoms with Gasteiger partial charge in [0.25, 0.3) is 5.91 Å². The number of rotatable bonds is 2. The highest BCUT2D eigenvalue weighted by Crippen LogP contribution is 2.16. The maximum atomic E-state index is 12.1. The molecule has 1 aliphatic heterocycles. The van der Waals surface area contributed by atoms with Gasteiger partial charge in [-0.15, -0.1) is 0 Å². The minimum atomic E-state index is -0.0262. The second-order valence-electron chi connectivity index (χ2n) is 4.09. The average molecular weight is 230 g/mol. The summed E-state index contributed by atoms with van der Waals surface area (Å²) >= 11 is 0. The second kappa shape index (κ2) is 4.98.